The summed E-state index contributed by atoms with van der Waals surface area (Å²) in [4.78, 5) is 0. The van der Waals surface area contributed by atoms with Crippen LogP contribution in [0.1, 0.15) is 58.3 Å². The van der Waals surface area contributed by atoms with Crippen molar-refractivity contribution in [2.45, 2.75) is 58.3 Å². The van der Waals surface area contributed by atoms with Crippen LogP contribution in [-0.4, -0.2) is 18.5 Å². The highest BCUT2D eigenvalue weighted by atomic mass is 31.2. The molecule has 0 saturated carbocycles. The van der Waals surface area contributed by atoms with Gasteiger partial charge in [0.15, 0.2) is 0 Å². The van der Waals surface area contributed by atoms with Gasteiger partial charge in [0.05, 0.1) is 7.14 Å². The van der Waals surface area contributed by atoms with Crippen molar-refractivity contribution in [3.8, 4) is 0 Å². The van der Waals surface area contributed by atoms with Crippen LogP contribution in [0.2, 0.25) is 0 Å². The van der Waals surface area contributed by atoms with Gasteiger partial charge in [-0.25, -0.2) is 0 Å². The Morgan fingerprint density at radius 2 is 1.57 bits per heavy atom. The first-order chi connectivity index (χ1) is 6.77. The molecular formula is C12H25OP. The van der Waals surface area contributed by atoms with Gasteiger partial charge in [-0.05, 0) is 19.3 Å². The van der Waals surface area contributed by atoms with Crippen molar-refractivity contribution in [2.75, 3.05) is 18.5 Å². The molecule has 0 radical (unpaired) electrons. The first-order valence-electron chi connectivity index (χ1n) is 6.34. The van der Waals surface area contributed by atoms with Gasteiger partial charge < -0.3 is 4.57 Å². The maximum atomic E-state index is 12.3. The average Bonchev–Trinajstić information content (AvgIpc) is 2.18. The number of hydrogen-bond acceptors (Lipinski definition) is 1. The average molecular weight is 216 g/mol. The molecule has 2 heteroatoms. The molecule has 0 aromatic heterocycles. The summed E-state index contributed by atoms with van der Waals surface area (Å²) in [7, 11) is -1.66. The van der Waals surface area contributed by atoms with Crippen LogP contribution in [0.15, 0.2) is 0 Å². The largest absolute Gasteiger partial charge is 0.324 e. The lowest BCUT2D eigenvalue weighted by Gasteiger charge is -2.22. The van der Waals surface area contributed by atoms with Crippen molar-refractivity contribution < 1.29 is 4.57 Å². The molecule has 14 heavy (non-hydrogen) atoms. The van der Waals surface area contributed by atoms with Crippen LogP contribution in [0.25, 0.3) is 0 Å². The lowest BCUT2D eigenvalue weighted by atomic mass is 10.2. The third-order valence-electron chi connectivity index (χ3n) is 3.30. The van der Waals surface area contributed by atoms with Crippen LogP contribution >= 0.6 is 7.14 Å². The smallest absolute Gasteiger partial charge is 0.0877 e. The lowest BCUT2D eigenvalue weighted by Crippen LogP contribution is -2.06. The van der Waals surface area contributed by atoms with Gasteiger partial charge in [-0.3, -0.25) is 0 Å². The molecule has 1 aliphatic heterocycles. The fourth-order valence-electron chi connectivity index (χ4n) is 2.32. The van der Waals surface area contributed by atoms with E-state index in [1.54, 1.807) is 0 Å². The van der Waals surface area contributed by atoms with E-state index in [1.165, 1.54) is 51.4 Å². The van der Waals surface area contributed by atoms with Crippen molar-refractivity contribution in [2.24, 2.45) is 0 Å². The van der Waals surface area contributed by atoms with E-state index in [1.807, 2.05) is 0 Å². The second-order valence-electron chi connectivity index (χ2n) is 4.70. The maximum Gasteiger partial charge on any atom is 0.0877 e. The molecule has 0 spiro atoms. The predicted molar refractivity (Wildman–Crippen MR) is 64.8 cm³/mol. The quantitative estimate of drug-likeness (QED) is 0.472. The zero-order valence-electron chi connectivity index (χ0n) is 9.63. The van der Waals surface area contributed by atoms with Crippen LogP contribution in [0, 0.1) is 0 Å². The van der Waals surface area contributed by atoms with Crippen molar-refractivity contribution in [1.29, 1.82) is 0 Å². The monoisotopic (exact) mass is 216 g/mol. The molecule has 0 aromatic carbocycles. The normalized spacial score (nSPS) is 20.9. The van der Waals surface area contributed by atoms with Crippen molar-refractivity contribution in [3.63, 3.8) is 0 Å². The summed E-state index contributed by atoms with van der Waals surface area (Å²) in [6, 6.07) is 0. The van der Waals surface area contributed by atoms with E-state index in [-0.39, 0.29) is 0 Å². The molecule has 0 aliphatic carbocycles. The fraction of sp³-hybridized carbons (Fsp3) is 1.00. The summed E-state index contributed by atoms with van der Waals surface area (Å²) in [6.45, 7) is 2.24. The van der Waals surface area contributed by atoms with E-state index in [0.29, 0.717) is 0 Å². The molecule has 1 nitrogen and oxygen atoms in total. The summed E-state index contributed by atoms with van der Waals surface area (Å²) >= 11 is 0. The van der Waals surface area contributed by atoms with Gasteiger partial charge in [-0.2, -0.15) is 0 Å². The van der Waals surface area contributed by atoms with Crippen LogP contribution in [0.4, 0.5) is 0 Å². The van der Waals surface area contributed by atoms with Crippen molar-refractivity contribution in [1.82, 2.24) is 0 Å². The first kappa shape index (κ1) is 12.3. The van der Waals surface area contributed by atoms with Gasteiger partial charge in [0.1, 0.15) is 0 Å². The summed E-state index contributed by atoms with van der Waals surface area (Å²) in [5.41, 5.74) is 0. The van der Waals surface area contributed by atoms with E-state index >= 15 is 0 Å². The minimum atomic E-state index is -1.66. The van der Waals surface area contributed by atoms with E-state index in [9.17, 15) is 4.57 Å². The summed E-state index contributed by atoms with van der Waals surface area (Å²) in [6.07, 6.45) is 13.5. The fourth-order valence-corrected chi connectivity index (χ4v) is 5.39. The third kappa shape index (κ3) is 4.64. The van der Waals surface area contributed by atoms with E-state index < -0.39 is 7.14 Å². The molecule has 0 N–H and O–H groups in total. The van der Waals surface area contributed by atoms with Crippen molar-refractivity contribution >= 4 is 7.14 Å². The Morgan fingerprint density at radius 1 is 0.929 bits per heavy atom. The standard InChI is InChI=1S/C12H25OP/c1-2-3-4-5-7-10-14(13)11-8-6-9-12-14/h2-12H2,1H3. The minimum absolute atomic E-state index is 1.05. The summed E-state index contributed by atoms with van der Waals surface area (Å²) in [5, 5.41) is 0. The topological polar surface area (TPSA) is 17.1 Å². The molecule has 0 atom stereocenters. The highest BCUT2D eigenvalue weighted by Gasteiger charge is 2.23. The highest BCUT2D eigenvalue weighted by Crippen LogP contribution is 2.50. The molecule has 1 aliphatic rings. The maximum absolute atomic E-state index is 12.3. The lowest BCUT2D eigenvalue weighted by molar-refractivity contribution is 0.554. The van der Waals surface area contributed by atoms with Crippen molar-refractivity contribution in [3.05, 3.63) is 0 Å². The number of unbranched alkanes of at least 4 members (excludes halogenated alkanes) is 4. The zero-order valence-corrected chi connectivity index (χ0v) is 10.5. The Kier molecular flexibility index (Phi) is 5.86. The van der Waals surface area contributed by atoms with E-state index in [4.69, 9.17) is 0 Å². The highest BCUT2D eigenvalue weighted by molar-refractivity contribution is 7.63. The molecule has 0 aromatic rings. The first-order valence-corrected chi connectivity index (χ1v) is 8.60. The summed E-state index contributed by atoms with van der Waals surface area (Å²) < 4.78 is 12.3. The second kappa shape index (κ2) is 6.67. The number of hydrogen-bond donors (Lipinski definition) is 0. The number of rotatable bonds is 6. The minimum Gasteiger partial charge on any atom is -0.324 e. The SMILES string of the molecule is CCCCCCCP1(=O)CCCCC1. The Hall–Kier alpha value is 0.230. The third-order valence-corrected chi connectivity index (χ3v) is 6.69. The van der Waals surface area contributed by atoms with Gasteiger partial charge >= 0.3 is 0 Å². The van der Waals surface area contributed by atoms with Crippen LogP contribution in [0.5, 0.6) is 0 Å². The second-order valence-corrected chi connectivity index (χ2v) is 8.16. The van der Waals surface area contributed by atoms with Crippen LogP contribution in [-0.2, 0) is 4.57 Å². The molecular weight excluding hydrogens is 191 g/mol. The van der Waals surface area contributed by atoms with Crippen LogP contribution < -0.4 is 0 Å². The molecule has 1 fully saturated rings. The predicted octanol–water partition coefficient (Wildman–Crippen LogP) is 4.50. The molecule has 1 rings (SSSR count). The molecule has 1 heterocycles. The Bertz CT molecular complexity index is 179. The van der Waals surface area contributed by atoms with Gasteiger partial charge in [0, 0.05) is 18.5 Å². The van der Waals surface area contributed by atoms with Gasteiger partial charge in [0.25, 0.3) is 0 Å². The van der Waals surface area contributed by atoms with E-state index in [2.05, 4.69) is 6.92 Å². The molecule has 0 bridgehead atoms. The molecule has 84 valence electrons. The molecule has 0 amide bonds. The van der Waals surface area contributed by atoms with Gasteiger partial charge in [-0.1, -0.05) is 39.0 Å². The van der Waals surface area contributed by atoms with Crippen LogP contribution in [0.3, 0.4) is 0 Å². The molecule has 0 unspecified atom stereocenters. The Balaban J connectivity index is 2.07. The Labute approximate surface area is 89.0 Å². The summed E-state index contributed by atoms with van der Waals surface area (Å²) in [5.74, 6) is 0. The van der Waals surface area contributed by atoms with E-state index in [0.717, 1.165) is 18.5 Å². The molecule has 1 saturated heterocycles. The Morgan fingerprint density at radius 3 is 2.21 bits per heavy atom. The van der Waals surface area contributed by atoms with Gasteiger partial charge in [0.2, 0.25) is 0 Å². The zero-order chi connectivity index (χ0) is 10.3. The van der Waals surface area contributed by atoms with Gasteiger partial charge in [-0.15, -0.1) is 0 Å².